The number of anilines is 1. The normalized spacial score (nSPS) is 12.4. The minimum absolute atomic E-state index is 0.0746. The van der Waals surface area contributed by atoms with E-state index in [1.54, 1.807) is 24.7 Å². The van der Waals surface area contributed by atoms with Crippen molar-refractivity contribution < 1.29 is 17.9 Å². The number of hydrogen-bond donors (Lipinski definition) is 1. The molecule has 1 heterocycles. The molecule has 0 radical (unpaired) electrons. The minimum Gasteiger partial charge on any atom is -0.472 e. The highest BCUT2D eigenvalue weighted by Gasteiger charge is 2.07. The molecule has 0 aliphatic carbocycles. The van der Waals surface area contributed by atoms with Crippen molar-refractivity contribution in [1.82, 2.24) is 0 Å². The highest BCUT2D eigenvalue weighted by molar-refractivity contribution is 5.47. The van der Waals surface area contributed by atoms with Gasteiger partial charge in [-0.05, 0) is 37.3 Å². The van der Waals surface area contributed by atoms with Gasteiger partial charge in [-0.25, -0.2) is 0 Å². The predicted octanol–water partition coefficient (Wildman–Crippen LogP) is 4.05. The minimum atomic E-state index is -2.80. The molecule has 0 aliphatic rings. The van der Waals surface area contributed by atoms with E-state index in [-0.39, 0.29) is 11.8 Å². The first-order valence-corrected chi connectivity index (χ1v) is 5.48. The molecule has 0 saturated heterocycles. The lowest BCUT2D eigenvalue weighted by Gasteiger charge is -2.14. The van der Waals surface area contributed by atoms with Gasteiger partial charge in [0.1, 0.15) is 5.75 Å². The molecule has 2 rings (SSSR count). The summed E-state index contributed by atoms with van der Waals surface area (Å²) in [5.41, 5.74) is 1.84. The zero-order valence-corrected chi connectivity index (χ0v) is 9.77. The van der Waals surface area contributed by atoms with Crippen LogP contribution < -0.4 is 10.1 Å². The number of ether oxygens (including phenoxy) is 1. The Morgan fingerprint density at radius 1 is 1.17 bits per heavy atom. The van der Waals surface area contributed by atoms with E-state index in [0.717, 1.165) is 11.3 Å². The maximum absolute atomic E-state index is 12.0. The average Bonchev–Trinajstić information content (AvgIpc) is 2.84. The zero-order chi connectivity index (χ0) is 13.0. The highest BCUT2D eigenvalue weighted by atomic mass is 19.3. The van der Waals surface area contributed by atoms with Crippen LogP contribution in [0.2, 0.25) is 0 Å². The van der Waals surface area contributed by atoms with Gasteiger partial charge in [0.15, 0.2) is 0 Å². The number of nitrogens with one attached hydrogen (secondary N) is 1. The number of benzene rings is 1. The summed E-state index contributed by atoms with van der Waals surface area (Å²) in [5.74, 6) is 0.145. The summed E-state index contributed by atoms with van der Waals surface area (Å²) in [4.78, 5) is 0. The second-order valence-corrected chi connectivity index (χ2v) is 3.83. The van der Waals surface area contributed by atoms with Gasteiger partial charge < -0.3 is 14.5 Å². The van der Waals surface area contributed by atoms with Gasteiger partial charge in [0.05, 0.1) is 18.6 Å². The number of hydrogen-bond acceptors (Lipinski definition) is 3. The SMILES string of the molecule is CC(Nc1ccc(OC(F)F)cc1)c1ccoc1. The summed E-state index contributed by atoms with van der Waals surface area (Å²) in [5, 5.41) is 3.22. The fourth-order valence-electron chi connectivity index (χ4n) is 1.59. The van der Waals surface area contributed by atoms with Crippen LogP contribution in [0.15, 0.2) is 47.3 Å². The molecular weight excluding hydrogens is 240 g/mol. The smallest absolute Gasteiger partial charge is 0.387 e. The Hall–Kier alpha value is -2.04. The largest absolute Gasteiger partial charge is 0.472 e. The van der Waals surface area contributed by atoms with E-state index in [2.05, 4.69) is 10.1 Å². The van der Waals surface area contributed by atoms with Crippen molar-refractivity contribution in [2.75, 3.05) is 5.32 Å². The molecule has 96 valence electrons. The second-order valence-electron chi connectivity index (χ2n) is 3.83. The van der Waals surface area contributed by atoms with Gasteiger partial charge in [0, 0.05) is 11.3 Å². The van der Waals surface area contributed by atoms with Crippen LogP contribution in [0.3, 0.4) is 0 Å². The quantitative estimate of drug-likeness (QED) is 0.872. The number of halogens is 2. The van der Waals surface area contributed by atoms with Crippen molar-refractivity contribution >= 4 is 5.69 Å². The van der Waals surface area contributed by atoms with E-state index in [1.165, 1.54) is 12.1 Å². The Morgan fingerprint density at radius 3 is 2.44 bits per heavy atom. The molecule has 3 nitrogen and oxygen atoms in total. The molecule has 0 saturated carbocycles. The van der Waals surface area contributed by atoms with E-state index in [0.29, 0.717) is 0 Å². The molecule has 0 bridgehead atoms. The Morgan fingerprint density at radius 2 is 1.89 bits per heavy atom. The highest BCUT2D eigenvalue weighted by Crippen LogP contribution is 2.22. The number of alkyl halides is 2. The van der Waals surface area contributed by atoms with E-state index in [4.69, 9.17) is 4.42 Å². The molecule has 1 atom stereocenters. The van der Waals surface area contributed by atoms with Crippen LogP contribution in [-0.4, -0.2) is 6.61 Å². The summed E-state index contributed by atoms with van der Waals surface area (Å²) in [6, 6.07) is 8.31. The Balaban J connectivity index is 1.98. The Bertz CT molecular complexity index is 468. The number of furan rings is 1. The molecule has 1 aromatic carbocycles. The lowest BCUT2D eigenvalue weighted by Crippen LogP contribution is -2.06. The van der Waals surface area contributed by atoms with Crippen molar-refractivity contribution in [1.29, 1.82) is 0 Å². The van der Waals surface area contributed by atoms with Crippen LogP contribution in [-0.2, 0) is 0 Å². The lowest BCUT2D eigenvalue weighted by atomic mass is 10.1. The molecular formula is C13H13F2NO2. The summed E-state index contributed by atoms with van der Waals surface area (Å²) >= 11 is 0. The van der Waals surface area contributed by atoms with Gasteiger partial charge in [-0.2, -0.15) is 8.78 Å². The van der Waals surface area contributed by atoms with Crippen molar-refractivity contribution in [3.05, 3.63) is 48.4 Å². The van der Waals surface area contributed by atoms with Crippen LogP contribution >= 0.6 is 0 Å². The summed E-state index contributed by atoms with van der Waals surface area (Å²) in [6.45, 7) is -0.817. The van der Waals surface area contributed by atoms with E-state index >= 15 is 0 Å². The van der Waals surface area contributed by atoms with Crippen molar-refractivity contribution in [3.8, 4) is 5.75 Å². The van der Waals surface area contributed by atoms with Crippen molar-refractivity contribution in [3.63, 3.8) is 0 Å². The summed E-state index contributed by atoms with van der Waals surface area (Å²) in [6.07, 6.45) is 3.26. The maximum Gasteiger partial charge on any atom is 0.387 e. The third-order valence-electron chi connectivity index (χ3n) is 2.51. The van der Waals surface area contributed by atoms with Crippen molar-refractivity contribution in [2.24, 2.45) is 0 Å². The van der Waals surface area contributed by atoms with Gasteiger partial charge in [-0.3, -0.25) is 0 Å². The Kier molecular flexibility index (Phi) is 3.82. The third kappa shape index (κ3) is 3.23. The maximum atomic E-state index is 12.0. The standard InChI is InChI=1S/C13H13F2NO2/c1-9(10-6-7-17-8-10)16-11-2-4-12(5-3-11)18-13(14)15/h2-9,13,16H,1H3. The Labute approximate surface area is 103 Å². The van der Waals surface area contributed by atoms with E-state index in [9.17, 15) is 8.78 Å². The molecule has 1 unspecified atom stereocenters. The van der Waals surface area contributed by atoms with Gasteiger partial charge in [0.25, 0.3) is 0 Å². The first-order chi connectivity index (χ1) is 8.65. The van der Waals surface area contributed by atoms with Crippen LogP contribution in [0.1, 0.15) is 18.5 Å². The number of rotatable bonds is 5. The molecule has 18 heavy (non-hydrogen) atoms. The second kappa shape index (κ2) is 5.53. The third-order valence-corrected chi connectivity index (χ3v) is 2.51. The van der Waals surface area contributed by atoms with Gasteiger partial charge in [-0.1, -0.05) is 0 Å². The molecule has 0 aliphatic heterocycles. The van der Waals surface area contributed by atoms with Gasteiger partial charge in [-0.15, -0.1) is 0 Å². The molecule has 1 aromatic heterocycles. The lowest BCUT2D eigenvalue weighted by molar-refractivity contribution is -0.0498. The van der Waals surface area contributed by atoms with Gasteiger partial charge in [0.2, 0.25) is 0 Å². The summed E-state index contributed by atoms with van der Waals surface area (Å²) in [7, 11) is 0. The average molecular weight is 253 g/mol. The molecule has 2 aromatic rings. The van der Waals surface area contributed by atoms with E-state index in [1.807, 2.05) is 13.0 Å². The molecule has 5 heteroatoms. The fourth-order valence-corrected chi connectivity index (χ4v) is 1.59. The van der Waals surface area contributed by atoms with E-state index < -0.39 is 6.61 Å². The first kappa shape index (κ1) is 12.4. The molecule has 0 spiro atoms. The van der Waals surface area contributed by atoms with Crippen LogP contribution in [0.5, 0.6) is 5.75 Å². The summed E-state index contributed by atoms with van der Waals surface area (Å²) < 4.78 is 33.2. The van der Waals surface area contributed by atoms with Crippen LogP contribution in [0.25, 0.3) is 0 Å². The molecule has 0 amide bonds. The van der Waals surface area contributed by atoms with Crippen LogP contribution in [0, 0.1) is 0 Å². The fraction of sp³-hybridized carbons (Fsp3) is 0.231. The first-order valence-electron chi connectivity index (χ1n) is 5.48. The molecule has 0 fully saturated rings. The molecule has 1 N–H and O–H groups in total. The topological polar surface area (TPSA) is 34.4 Å². The van der Waals surface area contributed by atoms with Gasteiger partial charge >= 0.3 is 6.61 Å². The van der Waals surface area contributed by atoms with Crippen molar-refractivity contribution in [2.45, 2.75) is 19.6 Å². The monoisotopic (exact) mass is 253 g/mol. The predicted molar refractivity (Wildman–Crippen MR) is 63.8 cm³/mol. The zero-order valence-electron chi connectivity index (χ0n) is 9.77. The van der Waals surface area contributed by atoms with Crippen LogP contribution in [0.4, 0.5) is 14.5 Å².